The number of allylic oxidation sites excluding steroid dienone is 4. The zero-order valence-corrected chi connectivity index (χ0v) is 48.6. The van der Waals surface area contributed by atoms with E-state index in [4.69, 9.17) is 28.4 Å². The van der Waals surface area contributed by atoms with E-state index >= 15 is 0 Å². The maximum absolute atomic E-state index is 13.8. The molecule has 0 bridgehead atoms. The molecule has 12 heteroatoms. The molecule has 0 aromatic rings. The summed E-state index contributed by atoms with van der Waals surface area (Å²) in [6.07, 6.45) is 40.1. The first-order chi connectivity index (χ1) is 31.1. The number of rotatable bonds is 49. The molecular formula is C54H106I2N2O8. The van der Waals surface area contributed by atoms with Crippen molar-refractivity contribution in [3.05, 3.63) is 24.3 Å². The molecule has 2 unspecified atom stereocenters. The summed E-state index contributed by atoms with van der Waals surface area (Å²) in [5.74, 6) is -0.456. The Morgan fingerprint density at radius 1 is 0.394 bits per heavy atom. The Hall–Kier alpha value is -0.360. The fourth-order valence-electron chi connectivity index (χ4n) is 8.30. The van der Waals surface area contributed by atoms with Crippen LogP contribution in [0.15, 0.2) is 24.3 Å². The molecule has 0 spiro atoms. The Kier molecular flexibility index (Phi) is 54.0. The highest BCUT2D eigenvalue weighted by molar-refractivity contribution is 5.70. The summed E-state index contributed by atoms with van der Waals surface area (Å²) < 4.78 is 36.2. The molecule has 0 aliphatic rings. The normalized spacial score (nSPS) is 12.9. The zero-order valence-electron chi connectivity index (χ0n) is 44.3. The third kappa shape index (κ3) is 43.6. The van der Waals surface area contributed by atoms with Crippen molar-refractivity contribution < 1.29 is 94.9 Å². The number of unbranched alkanes of at least 4 members (excludes halogenated alkanes) is 22. The molecule has 0 amide bonds. The smallest absolute Gasteiger partial charge is 0.306 e. The molecule has 0 aliphatic heterocycles. The van der Waals surface area contributed by atoms with Crippen molar-refractivity contribution in [3.8, 4) is 0 Å². The predicted octanol–water partition coefficient (Wildman–Crippen LogP) is 6.37. The second-order valence-electron chi connectivity index (χ2n) is 19.2. The van der Waals surface area contributed by atoms with Gasteiger partial charge in [0.25, 0.3) is 0 Å². The highest BCUT2D eigenvalue weighted by Crippen LogP contribution is 2.21. The van der Waals surface area contributed by atoms with Crippen LogP contribution in [-0.2, 0) is 38.0 Å². The number of ether oxygens (including phenoxy) is 6. The fraction of sp³-hybridized carbons (Fsp3) is 0.889. The molecule has 0 fully saturated rings. The maximum Gasteiger partial charge on any atom is 0.306 e. The van der Waals surface area contributed by atoms with Crippen LogP contribution in [0.2, 0.25) is 0 Å². The lowest BCUT2D eigenvalue weighted by molar-refractivity contribution is -0.920. The molecule has 394 valence electrons. The van der Waals surface area contributed by atoms with Gasteiger partial charge in [-0.15, -0.1) is 0 Å². The van der Waals surface area contributed by atoms with Crippen LogP contribution in [0.4, 0.5) is 0 Å². The third-order valence-corrected chi connectivity index (χ3v) is 12.8. The summed E-state index contributed by atoms with van der Waals surface area (Å²) in [7, 11) is 11.1. The number of nitrogens with zero attached hydrogens (tertiary/aromatic N) is 2. The molecule has 10 nitrogen and oxygen atoms in total. The quantitative estimate of drug-likeness (QED) is 0.0229. The Morgan fingerprint density at radius 3 is 0.894 bits per heavy atom. The standard InChI is InChI=1S/C54H106N2O8.2HI/c1-9-11-13-15-17-19-21-23-25-27-29-31-33-35-37-39-53(57)63-51(49-55(3,41-45-59-5)42-46-60-6)52(50-56(4,43-47-61-7)44-48-62-8)64-54(58)40-38-36-34-32-30-28-26-24-22-20-18-16-14-12-10-2;;/h23-26,51-52H,9-22,27-50H2,1-8H3;2*1H/q+2;;/p-2/b25-23-,26-24-;;. The summed E-state index contributed by atoms with van der Waals surface area (Å²) in [6.45, 7) is 10.5. The fourth-order valence-corrected chi connectivity index (χ4v) is 8.30. The summed E-state index contributed by atoms with van der Waals surface area (Å²) in [6, 6.07) is 0. The van der Waals surface area contributed by atoms with Crippen LogP contribution in [0, 0.1) is 0 Å². The number of halogens is 2. The van der Waals surface area contributed by atoms with Crippen molar-refractivity contribution in [3.63, 3.8) is 0 Å². The third-order valence-electron chi connectivity index (χ3n) is 12.8. The van der Waals surface area contributed by atoms with Gasteiger partial charge in [0, 0.05) is 41.3 Å². The van der Waals surface area contributed by atoms with Crippen molar-refractivity contribution in [1.82, 2.24) is 0 Å². The molecule has 66 heavy (non-hydrogen) atoms. The lowest BCUT2D eigenvalue weighted by Gasteiger charge is -2.41. The first-order valence-electron chi connectivity index (χ1n) is 26.4. The molecule has 0 radical (unpaired) electrons. The van der Waals surface area contributed by atoms with E-state index in [9.17, 15) is 9.59 Å². The van der Waals surface area contributed by atoms with Crippen LogP contribution < -0.4 is 48.0 Å². The van der Waals surface area contributed by atoms with Crippen molar-refractivity contribution in [2.75, 3.05) is 108 Å². The van der Waals surface area contributed by atoms with Gasteiger partial charge in [0.05, 0.1) is 40.5 Å². The summed E-state index contributed by atoms with van der Waals surface area (Å²) in [5, 5.41) is 0. The molecule has 0 aliphatic carbocycles. The minimum Gasteiger partial charge on any atom is -1.00 e. The Balaban J connectivity index is -0.0000198. The minimum absolute atomic E-state index is 0. The number of methoxy groups -OCH3 is 4. The van der Waals surface area contributed by atoms with E-state index < -0.39 is 12.2 Å². The van der Waals surface area contributed by atoms with Crippen LogP contribution in [0.25, 0.3) is 0 Å². The molecule has 0 saturated heterocycles. The van der Waals surface area contributed by atoms with Crippen molar-refractivity contribution >= 4 is 11.9 Å². The second kappa shape index (κ2) is 51.0. The van der Waals surface area contributed by atoms with Crippen LogP contribution >= 0.6 is 0 Å². The van der Waals surface area contributed by atoms with Crippen LogP contribution in [0.5, 0.6) is 0 Å². The Labute approximate surface area is 442 Å². The van der Waals surface area contributed by atoms with Gasteiger partial charge in [-0.3, -0.25) is 9.59 Å². The van der Waals surface area contributed by atoms with E-state index in [-0.39, 0.29) is 59.9 Å². The molecule has 0 saturated carbocycles. The number of carbonyl (C=O) groups is 2. The number of carbonyl (C=O) groups excluding carboxylic acids is 2. The van der Waals surface area contributed by atoms with Gasteiger partial charge < -0.3 is 85.3 Å². The lowest BCUT2D eigenvalue weighted by atomic mass is 10.1. The SMILES string of the molecule is CCCCCCCC/C=C\CCCCCCCC(=O)OC(C[N+](C)(CCOC)CCOC)C(C[N+](C)(CCOC)CCOC)OC(=O)CCCCCCC/C=C\CCCCCCCC.[I-].[I-]. The van der Waals surface area contributed by atoms with E-state index in [0.29, 0.717) is 87.5 Å². The molecule has 0 aromatic carbocycles. The largest absolute Gasteiger partial charge is 1.00 e. The molecule has 2 atom stereocenters. The first kappa shape index (κ1) is 69.9. The predicted molar refractivity (Wildman–Crippen MR) is 268 cm³/mol. The summed E-state index contributed by atoms with van der Waals surface area (Å²) in [5.41, 5.74) is 0. The number of likely N-dealkylation sites (N-methyl/N-ethyl adjacent to an activating group) is 2. The van der Waals surface area contributed by atoms with E-state index in [1.54, 1.807) is 28.4 Å². The monoisotopic (exact) mass is 1160 g/mol. The molecule has 0 rings (SSSR count). The number of quaternary nitrogens is 2. The van der Waals surface area contributed by atoms with Gasteiger partial charge in [-0.1, -0.05) is 141 Å². The Morgan fingerprint density at radius 2 is 0.636 bits per heavy atom. The van der Waals surface area contributed by atoms with E-state index in [2.05, 4.69) is 52.2 Å². The van der Waals surface area contributed by atoms with Crippen molar-refractivity contribution in [2.45, 2.75) is 206 Å². The average Bonchev–Trinajstić information content (AvgIpc) is 3.28. The van der Waals surface area contributed by atoms with Gasteiger partial charge in [0.1, 0.15) is 39.3 Å². The molecular weight excluding hydrogens is 1060 g/mol. The minimum atomic E-state index is -0.644. The van der Waals surface area contributed by atoms with Gasteiger partial charge >= 0.3 is 11.9 Å². The molecule has 0 N–H and O–H groups in total. The van der Waals surface area contributed by atoms with Gasteiger partial charge in [0.2, 0.25) is 0 Å². The van der Waals surface area contributed by atoms with Crippen LogP contribution in [0.3, 0.4) is 0 Å². The Bertz CT molecular complexity index is 1010. The van der Waals surface area contributed by atoms with Crippen LogP contribution in [-0.4, -0.2) is 141 Å². The highest BCUT2D eigenvalue weighted by Gasteiger charge is 2.41. The van der Waals surface area contributed by atoms with Gasteiger partial charge in [-0.05, 0) is 64.2 Å². The van der Waals surface area contributed by atoms with E-state index in [1.165, 1.54) is 116 Å². The zero-order chi connectivity index (χ0) is 47.3. The maximum atomic E-state index is 13.8. The van der Waals surface area contributed by atoms with Crippen LogP contribution in [0.1, 0.15) is 194 Å². The highest BCUT2D eigenvalue weighted by atomic mass is 127. The number of hydrogen-bond acceptors (Lipinski definition) is 8. The summed E-state index contributed by atoms with van der Waals surface area (Å²) in [4.78, 5) is 27.5. The first-order valence-corrected chi connectivity index (χ1v) is 26.4. The average molecular weight is 1170 g/mol. The van der Waals surface area contributed by atoms with E-state index in [0.717, 1.165) is 51.4 Å². The molecule has 0 heterocycles. The van der Waals surface area contributed by atoms with Gasteiger partial charge in [-0.25, -0.2) is 0 Å². The van der Waals surface area contributed by atoms with Crippen molar-refractivity contribution in [2.24, 2.45) is 0 Å². The van der Waals surface area contributed by atoms with Gasteiger partial charge in [-0.2, -0.15) is 0 Å². The topological polar surface area (TPSA) is 89.5 Å². The van der Waals surface area contributed by atoms with E-state index in [1.807, 2.05) is 0 Å². The number of esters is 2. The second-order valence-corrected chi connectivity index (χ2v) is 19.2. The number of hydrogen-bond donors (Lipinski definition) is 0. The molecule has 0 aromatic heterocycles. The lowest BCUT2D eigenvalue weighted by Crippen LogP contribution is -3.00. The van der Waals surface area contributed by atoms with Crippen molar-refractivity contribution in [1.29, 1.82) is 0 Å². The van der Waals surface area contributed by atoms with Gasteiger partial charge in [0.15, 0.2) is 12.2 Å². The summed E-state index contributed by atoms with van der Waals surface area (Å²) >= 11 is 0.